The second kappa shape index (κ2) is 5.30. The van der Waals surface area contributed by atoms with Crippen molar-refractivity contribution >= 4 is 28.3 Å². The average molecular weight is 300 g/mol. The molecular weight excluding hydrogens is 286 g/mol. The Morgan fingerprint density at radius 3 is 2.71 bits per heavy atom. The van der Waals surface area contributed by atoms with Crippen LogP contribution in [-0.4, -0.2) is 20.5 Å². The average Bonchev–Trinajstić information content (AvgIpc) is 2.88. The highest BCUT2D eigenvalue weighted by atomic mass is 35.5. The van der Waals surface area contributed by atoms with Crippen molar-refractivity contribution in [1.82, 2.24) is 14.8 Å². The van der Waals surface area contributed by atoms with Gasteiger partial charge in [0.25, 0.3) is 0 Å². The predicted octanol–water partition coefficient (Wildman–Crippen LogP) is 3.90. The molecule has 3 rings (SSSR count). The highest BCUT2D eigenvalue weighted by molar-refractivity contribution is 6.34. The summed E-state index contributed by atoms with van der Waals surface area (Å²) in [6, 6.07) is 11.3. The Hall–Kier alpha value is -2.20. The molecule has 2 aromatic heterocycles. The Bertz CT molecular complexity index is 823. The number of fused-ring (bicyclic) bond motifs is 1. The molecule has 0 saturated heterocycles. The number of carbonyl (C=O) groups is 1. The second-order valence-electron chi connectivity index (χ2n) is 5.10. The lowest BCUT2D eigenvalue weighted by Crippen LogP contribution is -2.14. The second-order valence-corrected chi connectivity index (χ2v) is 5.50. The summed E-state index contributed by atoms with van der Waals surface area (Å²) < 4.78 is 1.63. The van der Waals surface area contributed by atoms with Gasteiger partial charge in [-0.15, -0.1) is 0 Å². The van der Waals surface area contributed by atoms with Gasteiger partial charge in [-0.1, -0.05) is 35.9 Å². The van der Waals surface area contributed by atoms with Gasteiger partial charge in [0, 0.05) is 11.4 Å². The molecule has 2 heterocycles. The van der Waals surface area contributed by atoms with Crippen LogP contribution >= 0.6 is 11.6 Å². The van der Waals surface area contributed by atoms with E-state index >= 15 is 0 Å². The lowest BCUT2D eigenvalue weighted by Gasteiger charge is -2.10. The van der Waals surface area contributed by atoms with Gasteiger partial charge in [-0.3, -0.25) is 9.48 Å². The van der Waals surface area contributed by atoms with E-state index < -0.39 is 0 Å². The number of para-hydroxylation sites is 1. The molecule has 0 spiro atoms. The van der Waals surface area contributed by atoms with Gasteiger partial charge >= 0.3 is 0 Å². The zero-order valence-electron chi connectivity index (χ0n) is 11.7. The molecule has 3 aromatic rings. The van der Waals surface area contributed by atoms with Crippen LogP contribution in [0.25, 0.3) is 10.9 Å². The molecule has 0 aliphatic carbocycles. The number of ketones is 1. The van der Waals surface area contributed by atoms with Gasteiger partial charge in [0.15, 0.2) is 0 Å². The summed E-state index contributed by atoms with van der Waals surface area (Å²) in [6.45, 7) is 3.90. The maximum Gasteiger partial charge on any atom is 0.230 e. The first-order valence-electron chi connectivity index (χ1n) is 6.71. The molecule has 0 saturated carbocycles. The van der Waals surface area contributed by atoms with E-state index in [4.69, 9.17) is 11.6 Å². The Labute approximate surface area is 127 Å². The minimum absolute atomic E-state index is 0.0527. The van der Waals surface area contributed by atoms with Crippen molar-refractivity contribution in [3.05, 3.63) is 59.0 Å². The third kappa shape index (κ3) is 2.43. The predicted molar refractivity (Wildman–Crippen MR) is 82.8 cm³/mol. The van der Waals surface area contributed by atoms with E-state index in [1.807, 2.05) is 44.2 Å². The molecule has 0 amide bonds. The Morgan fingerprint density at radius 2 is 1.95 bits per heavy atom. The van der Waals surface area contributed by atoms with Crippen LogP contribution < -0.4 is 0 Å². The molecule has 1 aromatic carbocycles. The number of benzene rings is 1. The summed E-state index contributed by atoms with van der Waals surface area (Å²) in [4.78, 5) is 17.1. The van der Waals surface area contributed by atoms with Gasteiger partial charge < -0.3 is 0 Å². The summed E-state index contributed by atoms with van der Waals surface area (Å²) in [5.41, 5.74) is 1.54. The van der Waals surface area contributed by atoms with E-state index in [1.165, 1.54) is 6.20 Å². The van der Waals surface area contributed by atoms with E-state index in [2.05, 4.69) is 10.1 Å². The molecule has 0 N–H and O–H groups in total. The molecular formula is C16H14ClN3O. The molecule has 5 heteroatoms. The number of halogens is 1. The van der Waals surface area contributed by atoms with Crippen molar-refractivity contribution < 1.29 is 4.79 Å². The topological polar surface area (TPSA) is 47.8 Å². The number of hydrogen-bond donors (Lipinski definition) is 0. The Balaban J connectivity index is 2.10. The molecule has 0 aliphatic heterocycles. The fourth-order valence-electron chi connectivity index (χ4n) is 2.26. The third-order valence-electron chi connectivity index (χ3n) is 3.29. The van der Waals surface area contributed by atoms with Gasteiger partial charge in [-0.2, -0.15) is 5.10 Å². The monoisotopic (exact) mass is 299 g/mol. The van der Waals surface area contributed by atoms with Crippen molar-refractivity contribution in [2.45, 2.75) is 19.9 Å². The molecule has 106 valence electrons. The van der Waals surface area contributed by atoms with Crippen LogP contribution in [0.4, 0.5) is 0 Å². The smallest absolute Gasteiger partial charge is 0.230 e. The van der Waals surface area contributed by atoms with Crippen LogP contribution in [0, 0.1) is 0 Å². The Morgan fingerprint density at radius 1 is 1.19 bits per heavy atom. The van der Waals surface area contributed by atoms with Crippen molar-refractivity contribution in [1.29, 1.82) is 0 Å². The lowest BCUT2D eigenvalue weighted by molar-refractivity contribution is 0.102. The number of hydrogen-bond acceptors (Lipinski definition) is 3. The maximum absolute atomic E-state index is 12.7. The summed E-state index contributed by atoms with van der Waals surface area (Å²) >= 11 is 6.12. The quantitative estimate of drug-likeness (QED) is 0.689. The first-order chi connectivity index (χ1) is 10.1. The van der Waals surface area contributed by atoms with E-state index in [0.29, 0.717) is 16.4 Å². The lowest BCUT2D eigenvalue weighted by atomic mass is 10.1. The van der Waals surface area contributed by atoms with Crippen LogP contribution in [0.2, 0.25) is 5.02 Å². The largest absolute Gasteiger partial charge is 0.285 e. The summed E-state index contributed by atoms with van der Waals surface area (Å²) in [5, 5.41) is 5.51. The minimum atomic E-state index is -0.211. The van der Waals surface area contributed by atoms with Crippen LogP contribution in [-0.2, 0) is 0 Å². The van der Waals surface area contributed by atoms with Crippen molar-refractivity contribution in [2.75, 3.05) is 0 Å². The molecule has 0 aliphatic rings. The normalized spacial score (nSPS) is 11.2. The molecule has 0 bridgehead atoms. The summed E-state index contributed by atoms with van der Waals surface area (Å²) in [6.07, 6.45) is 1.50. The number of pyridine rings is 1. The van der Waals surface area contributed by atoms with E-state index in [1.54, 1.807) is 10.7 Å². The fraction of sp³-hybridized carbons (Fsp3) is 0.188. The van der Waals surface area contributed by atoms with Crippen molar-refractivity contribution in [3.63, 3.8) is 0 Å². The fourth-order valence-corrected chi connectivity index (χ4v) is 2.48. The number of aromatic nitrogens is 3. The standard InChI is InChI=1S/C16H14ClN3O/c1-10(2)20-15(12(17)9-18-20)16(21)14-8-7-11-5-3-4-6-13(11)19-14/h3-10H,1-2H3. The van der Waals surface area contributed by atoms with Crippen LogP contribution in [0.5, 0.6) is 0 Å². The summed E-state index contributed by atoms with van der Waals surface area (Å²) in [7, 11) is 0. The zero-order valence-corrected chi connectivity index (χ0v) is 12.5. The van der Waals surface area contributed by atoms with E-state index in [-0.39, 0.29) is 11.8 Å². The molecule has 4 nitrogen and oxygen atoms in total. The number of rotatable bonds is 3. The maximum atomic E-state index is 12.7. The third-order valence-corrected chi connectivity index (χ3v) is 3.56. The number of nitrogens with zero attached hydrogens (tertiary/aromatic N) is 3. The zero-order chi connectivity index (χ0) is 15.0. The molecule has 21 heavy (non-hydrogen) atoms. The van der Waals surface area contributed by atoms with Crippen molar-refractivity contribution in [3.8, 4) is 0 Å². The first-order valence-corrected chi connectivity index (χ1v) is 7.09. The van der Waals surface area contributed by atoms with Crippen LogP contribution in [0.3, 0.4) is 0 Å². The van der Waals surface area contributed by atoms with E-state index in [0.717, 1.165) is 10.9 Å². The number of carbonyl (C=O) groups excluding carboxylic acids is 1. The SMILES string of the molecule is CC(C)n1ncc(Cl)c1C(=O)c1ccc2ccccc2n1. The van der Waals surface area contributed by atoms with Gasteiger partial charge in [0.2, 0.25) is 5.78 Å². The minimum Gasteiger partial charge on any atom is -0.285 e. The molecule has 0 fully saturated rings. The van der Waals surface area contributed by atoms with Crippen LogP contribution in [0.1, 0.15) is 36.1 Å². The summed E-state index contributed by atoms with van der Waals surface area (Å²) in [5.74, 6) is -0.211. The van der Waals surface area contributed by atoms with Gasteiger partial charge in [-0.25, -0.2) is 4.98 Å². The van der Waals surface area contributed by atoms with Crippen molar-refractivity contribution in [2.24, 2.45) is 0 Å². The molecule has 0 radical (unpaired) electrons. The Kier molecular flexibility index (Phi) is 3.47. The first kappa shape index (κ1) is 13.8. The van der Waals surface area contributed by atoms with E-state index in [9.17, 15) is 4.79 Å². The van der Waals surface area contributed by atoms with Crippen LogP contribution in [0.15, 0.2) is 42.6 Å². The van der Waals surface area contributed by atoms with Gasteiger partial charge in [0.05, 0.1) is 16.7 Å². The van der Waals surface area contributed by atoms with Gasteiger partial charge in [-0.05, 0) is 26.0 Å². The molecule has 0 atom stereocenters. The van der Waals surface area contributed by atoms with Gasteiger partial charge in [0.1, 0.15) is 11.4 Å². The molecule has 0 unspecified atom stereocenters. The highest BCUT2D eigenvalue weighted by Crippen LogP contribution is 2.22. The highest BCUT2D eigenvalue weighted by Gasteiger charge is 2.21.